The van der Waals surface area contributed by atoms with Gasteiger partial charge in [-0.3, -0.25) is 4.79 Å². The van der Waals surface area contributed by atoms with Crippen LogP contribution in [0.4, 0.5) is 13.2 Å². The quantitative estimate of drug-likeness (QED) is 0.733. The van der Waals surface area contributed by atoms with Gasteiger partial charge in [0.2, 0.25) is 10.0 Å². The largest absolute Gasteiger partial charge is 0.402 e. The Labute approximate surface area is 145 Å². The van der Waals surface area contributed by atoms with E-state index in [4.69, 9.17) is 10.5 Å². The Morgan fingerprint density at radius 1 is 1.24 bits per heavy atom. The number of nitrogens with two attached hydrogens (primary N) is 1. The lowest BCUT2D eigenvalue weighted by atomic mass is 10.0. The van der Waals surface area contributed by atoms with E-state index in [9.17, 15) is 26.4 Å². The van der Waals surface area contributed by atoms with Gasteiger partial charge in [-0.25, -0.2) is 8.42 Å². The summed E-state index contributed by atoms with van der Waals surface area (Å²) in [6, 6.07) is -0.762. The average molecular weight is 387 g/mol. The number of hydrogen-bond donors (Lipinski definition) is 1. The highest BCUT2D eigenvalue weighted by Gasteiger charge is 2.41. The van der Waals surface area contributed by atoms with Gasteiger partial charge in [-0.2, -0.15) is 17.5 Å². The Morgan fingerprint density at radius 3 is 2.28 bits per heavy atom. The summed E-state index contributed by atoms with van der Waals surface area (Å²) in [5, 5.41) is 0. The summed E-state index contributed by atoms with van der Waals surface area (Å²) in [7, 11) is -3.99. The first-order chi connectivity index (χ1) is 11.5. The molecule has 7 nitrogen and oxygen atoms in total. The predicted molar refractivity (Wildman–Crippen MR) is 84.2 cm³/mol. The molecule has 2 saturated heterocycles. The van der Waals surface area contributed by atoms with Crippen molar-refractivity contribution in [3.05, 3.63) is 0 Å². The first-order valence-electron chi connectivity index (χ1n) is 8.19. The topological polar surface area (TPSA) is 92.9 Å². The predicted octanol–water partition coefficient (Wildman–Crippen LogP) is 0.308. The van der Waals surface area contributed by atoms with E-state index in [2.05, 4.69) is 0 Å². The van der Waals surface area contributed by atoms with Gasteiger partial charge >= 0.3 is 6.18 Å². The van der Waals surface area contributed by atoms with Gasteiger partial charge in [0, 0.05) is 25.7 Å². The van der Waals surface area contributed by atoms with Crippen molar-refractivity contribution in [2.45, 2.75) is 50.1 Å². The third kappa shape index (κ3) is 5.53. The number of halogens is 3. The van der Waals surface area contributed by atoms with Crippen molar-refractivity contribution in [3.63, 3.8) is 0 Å². The minimum atomic E-state index is -4.61. The van der Waals surface area contributed by atoms with Crippen LogP contribution < -0.4 is 5.73 Å². The Morgan fingerprint density at radius 2 is 1.84 bits per heavy atom. The molecule has 0 spiro atoms. The van der Waals surface area contributed by atoms with Gasteiger partial charge in [0.1, 0.15) is 12.6 Å². The second-order valence-corrected chi connectivity index (χ2v) is 8.47. The van der Waals surface area contributed by atoms with E-state index in [1.807, 2.05) is 0 Å². The van der Waals surface area contributed by atoms with Crippen LogP contribution in [0.5, 0.6) is 0 Å². The summed E-state index contributed by atoms with van der Waals surface area (Å²) in [5.41, 5.74) is 5.51. The minimum Gasteiger partial charge on any atom is -0.364 e. The number of rotatable bonds is 5. The van der Waals surface area contributed by atoms with Gasteiger partial charge in [0.25, 0.3) is 5.91 Å². The number of nitrogens with zero attached hydrogens (tertiary/aromatic N) is 2. The molecular weight excluding hydrogens is 363 g/mol. The van der Waals surface area contributed by atoms with Crippen molar-refractivity contribution < 1.29 is 31.1 Å². The standard InChI is InChI=1S/C14H24F3N3O4S/c1-25(22,23)20(9-14(15,16)17)10-4-6-19(7-5-10)13(21)12-3-2-11(8-18)24-12/h10-12H,2-9,18H2,1H3/t11-,12+/m1/s1. The summed E-state index contributed by atoms with van der Waals surface area (Å²) >= 11 is 0. The van der Waals surface area contributed by atoms with Crippen molar-refractivity contribution in [2.75, 3.05) is 32.4 Å². The summed E-state index contributed by atoms with van der Waals surface area (Å²) in [6.07, 6.45) is -2.92. The first kappa shape index (κ1) is 20.4. The van der Waals surface area contributed by atoms with E-state index in [1.165, 1.54) is 4.90 Å². The molecule has 0 aromatic heterocycles. The molecule has 2 N–H and O–H groups in total. The Hall–Kier alpha value is -0.910. The lowest BCUT2D eigenvalue weighted by Gasteiger charge is -2.38. The number of ether oxygens (including phenoxy) is 1. The molecule has 0 aliphatic carbocycles. The van der Waals surface area contributed by atoms with Crippen molar-refractivity contribution in [1.29, 1.82) is 0 Å². The lowest BCUT2D eigenvalue weighted by Crippen LogP contribution is -2.52. The molecule has 0 saturated carbocycles. The molecule has 11 heteroatoms. The average Bonchev–Trinajstić information content (AvgIpc) is 2.99. The number of carbonyl (C=O) groups excluding carboxylic acids is 1. The van der Waals surface area contributed by atoms with Gasteiger partial charge in [0.15, 0.2) is 0 Å². The van der Waals surface area contributed by atoms with Crippen LogP contribution in [0.2, 0.25) is 0 Å². The number of alkyl halides is 3. The smallest absolute Gasteiger partial charge is 0.364 e. The third-order valence-corrected chi connectivity index (χ3v) is 5.87. The number of carbonyl (C=O) groups is 1. The highest BCUT2D eigenvalue weighted by Crippen LogP contribution is 2.27. The second-order valence-electron chi connectivity index (χ2n) is 6.54. The Balaban J connectivity index is 1.94. The SMILES string of the molecule is CS(=O)(=O)N(CC(F)(F)F)C1CCN(C(=O)[C@@H]2CC[C@H](CN)O2)CC1. The molecular formula is C14H24F3N3O4S. The fourth-order valence-corrected chi connectivity index (χ4v) is 4.47. The van der Waals surface area contributed by atoms with Crippen LogP contribution in [0, 0.1) is 0 Å². The van der Waals surface area contributed by atoms with Crippen LogP contribution >= 0.6 is 0 Å². The van der Waals surface area contributed by atoms with Gasteiger partial charge in [0.05, 0.1) is 12.4 Å². The van der Waals surface area contributed by atoms with Gasteiger partial charge in [-0.1, -0.05) is 0 Å². The van der Waals surface area contributed by atoms with Crippen LogP contribution in [0.3, 0.4) is 0 Å². The fraction of sp³-hybridized carbons (Fsp3) is 0.929. The number of amides is 1. The molecule has 2 rings (SSSR count). The number of likely N-dealkylation sites (tertiary alicyclic amines) is 1. The van der Waals surface area contributed by atoms with E-state index >= 15 is 0 Å². The van der Waals surface area contributed by atoms with Gasteiger partial charge in [-0.15, -0.1) is 0 Å². The molecule has 2 fully saturated rings. The zero-order valence-corrected chi connectivity index (χ0v) is 14.9. The molecule has 0 radical (unpaired) electrons. The molecule has 2 heterocycles. The molecule has 0 aromatic carbocycles. The number of piperidine rings is 1. The normalized spacial score (nSPS) is 26.4. The Kier molecular flexibility index (Phi) is 6.34. The summed E-state index contributed by atoms with van der Waals surface area (Å²) in [6.45, 7) is -0.748. The fourth-order valence-electron chi connectivity index (χ4n) is 3.33. The highest BCUT2D eigenvalue weighted by atomic mass is 32.2. The van der Waals surface area contributed by atoms with E-state index < -0.39 is 34.9 Å². The van der Waals surface area contributed by atoms with Crippen LogP contribution in [-0.4, -0.2) is 80.4 Å². The molecule has 146 valence electrons. The molecule has 2 aliphatic heterocycles. The van der Waals surface area contributed by atoms with E-state index in [1.54, 1.807) is 0 Å². The van der Waals surface area contributed by atoms with Crippen LogP contribution in [0.15, 0.2) is 0 Å². The van der Waals surface area contributed by atoms with Crippen molar-refractivity contribution in [3.8, 4) is 0 Å². The van der Waals surface area contributed by atoms with Crippen LogP contribution in [-0.2, 0) is 19.6 Å². The minimum absolute atomic E-state index is 0.140. The summed E-state index contributed by atoms with van der Waals surface area (Å²) < 4.78 is 67.5. The molecule has 2 aliphatic rings. The molecule has 1 amide bonds. The first-order valence-corrected chi connectivity index (χ1v) is 10.0. The number of sulfonamides is 1. The molecule has 2 atom stereocenters. The maximum Gasteiger partial charge on any atom is 0.402 e. The van der Waals surface area contributed by atoms with Crippen molar-refractivity contribution in [1.82, 2.24) is 9.21 Å². The molecule has 0 unspecified atom stereocenters. The monoisotopic (exact) mass is 387 g/mol. The van der Waals surface area contributed by atoms with E-state index in [-0.39, 0.29) is 37.9 Å². The zero-order valence-electron chi connectivity index (χ0n) is 14.0. The molecule has 25 heavy (non-hydrogen) atoms. The van der Waals surface area contributed by atoms with Crippen LogP contribution in [0.25, 0.3) is 0 Å². The molecule has 0 bridgehead atoms. The maximum absolute atomic E-state index is 12.7. The maximum atomic E-state index is 12.7. The Bertz CT molecular complexity index is 576. The third-order valence-electron chi connectivity index (χ3n) is 4.59. The van der Waals surface area contributed by atoms with E-state index in [0.29, 0.717) is 23.7 Å². The van der Waals surface area contributed by atoms with E-state index in [0.717, 1.165) is 6.26 Å². The van der Waals surface area contributed by atoms with Crippen LogP contribution in [0.1, 0.15) is 25.7 Å². The number of hydrogen-bond acceptors (Lipinski definition) is 5. The van der Waals surface area contributed by atoms with Crippen molar-refractivity contribution in [2.24, 2.45) is 5.73 Å². The molecule has 0 aromatic rings. The van der Waals surface area contributed by atoms with Gasteiger partial charge < -0.3 is 15.4 Å². The lowest BCUT2D eigenvalue weighted by molar-refractivity contribution is -0.147. The summed E-state index contributed by atoms with van der Waals surface area (Å²) in [4.78, 5) is 13.9. The zero-order chi connectivity index (χ0) is 18.8. The van der Waals surface area contributed by atoms with Gasteiger partial charge in [-0.05, 0) is 25.7 Å². The summed E-state index contributed by atoms with van der Waals surface area (Å²) in [5.74, 6) is -0.198. The highest BCUT2D eigenvalue weighted by molar-refractivity contribution is 7.88. The second kappa shape index (κ2) is 7.77. The van der Waals surface area contributed by atoms with Crippen molar-refractivity contribution >= 4 is 15.9 Å².